The Balaban J connectivity index is 1.48. The zero-order valence-corrected chi connectivity index (χ0v) is 15.1. The van der Waals surface area contributed by atoms with E-state index in [1.54, 1.807) is 31.6 Å². The molecule has 0 spiro atoms. The molecule has 3 aromatic rings. The van der Waals surface area contributed by atoms with Crippen LogP contribution in [0.15, 0.2) is 60.9 Å². The maximum Gasteiger partial charge on any atom is 0.271 e. The number of rotatable bonds is 8. The summed E-state index contributed by atoms with van der Waals surface area (Å²) in [5.74, 6) is 1.17. The van der Waals surface area contributed by atoms with Crippen molar-refractivity contribution in [1.29, 1.82) is 0 Å². The van der Waals surface area contributed by atoms with E-state index in [2.05, 4.69) is 25.8 Å². The first kappa shape index (κ1) is 18.3. The largest absolute Gasteiger partial charge is 0.496 e. The summed E-state index contributed by atoms with van der Waals surface area (Å²) < 4.78 is 5.31. The van der Waals surface area contributed by atoms with Crippen molar-refractivity contribution in [3.8, 4) is 5.75 Å². The van der Waals surface area contributed by atoms with Crippen LogP contribution in [-0.2, 0) is 13.0 Å². The number of benzene rings is 1. The first-order chi connectivity index (χ1) is 13.3. The number of nitrogens with one attached hydrogen (secondary N) is 2. The highest BCUT2D eigenvalue weighted by Gasteiger charge is 2.09. The second-order valence-electron chi connectivity index (χ2n) is 5.83. The van der Waals surface area contributed by atoms with Crippen LogP contribution >= 0.6 is 0 Å². The number of carbonyl (C=O) groups excluding carboxylic acids is 1. The van der Waals surface area contributed by atoms with Crippen molar-refractivity contribution >= 4 is 11.7 Å². The number of hydrogen-bond donors (Lipinski definition) is 2. The fraction of sp³-hybridized carbons (Fsp3) is 0.200. The molecule has 0 saturated heterocycles. The Hall–Kier alpha value is -3.48. The van der Waals surface area contributed by atoms with Gasteiger partial charge >= 0.3 is 0 Å². The lowest BCUT2D eigenvalue weighted by Gasteiger charge is -2.09. The minimum Gasteiger partial charge on any atom is -0.496 e. The van der Waals surface area contributed by atoms with Crippen molar-refractivity contribution in [3.05, 3.63) is 77.7 Å². The Morgan fingerprint density at radius 2 is 1.85 bits per heavy atom. The molecule has 0 atom stereocenters. The third kappa shape index (κ3) is 5.24. The molecule has 138 valence electrons. The lowest BCUT2D eigenvalue weighted by Crippen LogP contribution is -2.27. The number of para-hydroxylation sites is 1. The molecule has 27 heavy (non-hydrogen) atoms. The Morgan fingerprint density at radius 1 is 1.04 bits per heavy atom. The molecule has 2 aromatic heterocycles. The molecular formula is C20H21N5O2. The average Bonchev–Trinajstić information content (AvgIpc) is 2.73. The molecule has 0 bridgehead atoms. The maximum atomic E-state index is 12.2. The Kier molecular flexibility index (Phi) is 6.30. The van der Waals surface area contributed by atoms with E-state index >= 15 is 0 Å². The number of anilines is 1. The van der Waals surface area contributed by atoms with Crippen molar-refractivity contribution in [2.24, 2.45) is 0 Å². The first-order valence-electron chi connectivity index (χ1n) is 8.63. The molecule has 0 unspecified atom stereocenters. The van der Waals surface area contributed by atoms with Crippen LogP contribution < -0.4 is 15.4 Å². The maximum absolute atomic E-state index is 12.2. The van der Waals surface area contributed by atoms with Crippen LogP contribution in [0.4, 0.5) is 5.82 Å². The number of carbonyl (C=O) groups is 1. The van der Waals surface area contributed by atoms with Crippen LogP contribution in [0, 0.1) is 0 Å². The fourth-order valence-corrected chi connectivity index (χ4v) is 2.55. The molecule has 0 fully saturated rings. The third-order valence-electron chi connectivity index (χ3n) is 3.99. The molecule has 1 amide bonds. The number of aromatic nitrogens is 3. The molecule has 7 nitrogen and oxygen atoms in total. The Bertz CT molecular complexity index is 869. The van der Waals surface area contributed by atoms with Gasteiger partial charge in [-0.15, -0.1) is 10.2 Å². The van der Waals surface area contributed by atoms with Gasteiger partial charge in [0.05, 0.1) is 7.11 Å². The summed E-state index contributed by atoms with van der Waals surface area (Å²) in [7, 11) is 1.64. The van der Waals surface area contributed by atoms with Crippen molar-refractivity contribution in [3.63, 3.8) is 0 Å². The van der Waals surface area contributed by atoms with Gasteiger partial charge in [0.1, 0.15) is 11.6 Å². The summed E-state index contributed by atoms with van der Waals surface area (Å²) in [5.41, 5.74) is 2.41. The third-order valence-corrected chi connectivity index (χ3v) is 3.99. The van der Waals surface area contributed by atoms with Crippen molar-refractivity contribution in [1.82, 2.24) is 20.5 Å². The summed E-state index contributed by atoms with van der Waals surface area (Å²) in [4.78, 5) is 16.2. The smallest absolute Gasteiger partial charge is 0.271 e. The lowest BCUT2D eigenvalue weighted by atomic mass is 10.1. The minimum absolute atomic E-state index is 0.252. The van der Waals surface area contributed by atoms with Gasteiger partial charge in [0.25, 0.3) is 5.91 Å². The van der Waals surface area contributed by atoms with Crippen molar-refractivity contribution in [2.45, 2.75) is 13.0 Å². The molecule has 2 heterocycles. The van der Waals surface area contributed by atoms with Crippen molar-refractivity contribution in [2.75, 3.05) is 19.0 Å². The van der Waals surface area contributed by atoms with E-state index in [9.17, 15) is 4.79 Å². The van der Waals surface area contributed by atoms with Crippen molar-refractivity contribution < 1.29 is 9.53 Å². The number of methoxy groups -OCH3 is 1. The van der Waals surface area contributed by atoms with Gasteiger partial charge in [0, 0.05) is 25.5 Å². The number of ether oxygens (including phenoxy) is 1. The summed E-state index contributed by atoms with van der Waals surface area (Å²) >= 11 is 0. The predicted molar refractivity (Wildman–Crippen MR) is 103 cm³/mol. The number of pyridine rings is 1. The molecule has 3 rings (SSSR count). The van der Waals surface area contributed by atoms with Gasteiger partial charge in [0.2, 0.25) is 0 Å². The second-order valence-corrected chi connectivity index (χ2v) is 5.83. The number of hydrogen-bond acceptors (Lipinski definition) is 6. The Labute approximate surface area is 157 Å². The topological polar surface area (TPSA) is 89.0 Å². The lowest BCUT2D eigenvalue weighted by molar-refractivity contribution is 0.0948. The number of nitrogens with zero attached hydrogens (tertiary/aromatic N) is 3. The first-order valence-corrected chi connectivity index (χ1v) is 8.63. The summed E-state index contributed by atoms with van der Waals surface area (Å²) in [5, 5.41) is 14.0. The molecule has 0 aliphatic heterocycles. The van der Waals surface area contributed by atoms with Crippen LogP contribution in [0.5, 0.6) is 5.75 Å². The molecule has 1 aromatic carbocycles. The van der Waals surface area contributed by atoms with Gasteiger partial charge in [-0.2, -0.15) is 0 Å². The van der Waals surface area contributed by atoms with E-state index < -0.39 is 0 Å². The van der Waals surface area contributed by atoms with E-state index in [1.165, 1.54) is 0 Å². The van der Waals surface area contributed by atoms with Crippen LogP contribution in [0.3, 0.4) is 0 Å². The van der Waals surface area contributed by atoms with Gasteiger partial charge in [-0.1, -0.05) is 18.2 Å². The molecule has 7 heteroatoms. The van der Waals surface area contributed by atoms with Gasteiger partial charge in [-0.25, -0.2) is 0 Å². The second kappa shape index (κ2) is 9.28. The normalized spacial score (nSPS) is 10.3. The highest BCUT2D eigenvalue weighted by atomic mass is 16.5. The summed E-state index contributed by atoms with van der Waals surface area (Å²) in [6, 6.07) is 15.0. The SMILES string of the molecule is COc1ccccc1CCNC(=O)c1ccc(NCc2ccncc2)nn1. The minimum atomic E-state index is -0.252. The van der Waals surface area contributed by atoms with Crippen LogP contribution in [0.1, 0.15) is 21.6 Å². The van der Waals surface area contributed by atoms with E-state index in [4.69, 9.17) is 4.74 Å². The van der Waals surface area contributed by atoms with Crippen LogP contribution in [0.25, 0.3) is 0 Å². The van der Waals surface area contributed by atoms with Gasteiger partial charge < -0.3 is 15.4 Å². The van der Waals surface area contributed by atoms with Crippen LogP contribution in [0.2, 0.25) is 0 Å². The van der Waals surface area contributed by atoms with E-state index in [-0.39, 0.29) is 11.6 Å². The van der Waals surface area contributed by atoms with E-state index in [0.29, 0.717) is 25.3 Å². The fourth-order valence-electron chi connectivity index (χ4n) is 2.55. The van der Waals surface area contributed by atoms with Gasteiger partial charge in [-0.05, 0) is 47.9 Å². The highest BCUT2D eigenvalue weighted by molar-refractivity contribution is 5.92. The molecule has 0 aliphatic rings. The van der Waals surface area contributed by atoms with E-state index in [0.717, 1.165) is 16.9 Å². The zero-order valence-electron chi connectivity index (χ0n) is 15.1. The molecule has 0 radical (unpaired) electrons. The standard InChI is InChI=1S/C20H21N5O2/c1-27-18-5-3-2-4-16(18)10-13-22-20(26)17-6-7-19(25-24-17)23-14-15-8-11-21-12-9-15/h2-9,11-12H,10,13-14H2,1H3,(H,22,26)(H,23,25). The molecule has 0 aliphatic carbocycles. The summed E-state index contributed by atoms with van der Waals surface area (Å²) in [6.07, 6.45) is 4.15. The molecular weight excluding hydrogens is 342 g/mol. The predicted octanol–water partition coefficient (Wildman–Crippen LogP) is 2.46. The monoisotopic (exact) mass is 363 g/mol. The van der Waals surface area contributed by atoms with Gasteiger partial charge in [0.15, 0.2) is 5.69 Å². The quantitative estimate of drug-likeness (QED) is 0.639. The Morgan fingerprint density at radius 3 is 2.59 bits per heavy atom. The van der Waals surface area contributed by atoms with Crippen LogP contribution in [-0.4, -0.2) is 34.7 Å². The summed E-state index contributed by atoms with van der Waals surface area (Å²) in [6.45, 7) is 1.10. The highest BCUT2D eigenvalue weighted by Crippen LogP contribution is 2.17. The molecule has 2 N–H and O–H groups in total. The molecule has 0 saturated carbocycles. The average molecular weight is 363 g/mol. The van der Waals surface area contributed by atoms with E-state index in [1.807, 2.05) is 36.4 Å². The zero-order chi connectivity index (χ0) is 18.9. The number of amides is 1. The van der Waals surface area contributed by atoms with Gasteiger partial charge in [-0.3, -0.25) is 9.78 Å².